The lowest BCUT2D eigenvalue weighted by Gasteiger charge is -2.23. The summed E-state index contributed by atoms with van der Waals surface area (Å²) in [6.45, 7) is 2.02. The smallest absolute Gasteiger partial charge is 0.159 e. The van der Waals surface area contributed by atoms with Crippen LogP contribution in [0.2, 0.25) is 0 Å². The zero-order chi connectivity index (χ0) is 15.4. The molecule has 22 heavy (non-hydrogen) atoms. The minimum Gasteiger partial charge on any atom is -0.393 e. The number of nitrogens with one attached hydrogen (secondary N) is 1. The first-order chi connectivity index (χ1) is 10.8. The summed E-state index contributed by atoms with van der Waals surface area (Å²) in [5.41, 5.74) is 7.87. The molecule has 1 aromatic heterocycles. The molecule has 0 unspecified atom stereocenters. The van der Waals surface area contributed by atoms with Gasteiger partial charge in [-0.25, -0.2) is 9.97 Å². The van der Waals surface area contributed by atoms with Gasteiger partial charge < -0.3 is 16.0 Å². The average molecular weight is 362 g/mol. The van der Waals surface area contributed by atoms with Crippen molar-refractivity contribution in [3.63, 3.8) is 0 Å². The Morgan fingerprint density at radius 2 is 1.77 bits per heavy atom. The van der Waals surface area contributed by atoms with Gasteiger partial charge in [0, 0.05) is 17.6 Å². The predicted molar refractivity (Wildman–Crippen MR) is 94.6 cm³/mol. The van der Waals surface area contributed by atoms with Crippen LogP contribution < -0.4 is 16.0 Å². The number of hydrogen-bond donors (Lipinski definition) is 2. The molecule has 2 heterocycles. The minimum atomic E-state index is 0.611. The Morgan fingerprint density at radius 1 is 1.05 bits per heavy atom. The first-order valence-corrected chi connectivity index (χ1v) is 8.42. The van der Waals surface area contributed by atoms with E-state index >= 15 is 0 Å². The quantitative estimate of drug-likeness (QED) is 0.866. The van der Waals surface area contributed by atoms with Crippen molar-refractivity contribution in [3.05, 3.63) is 35.1 Å². The van der Waals surface area contributed by atoms with E-state index in [9.17, 15) is 0 Å². The summed E-state index contributed by atoms with van der Waals surface area (Å²) in [6, 6.07) is 7.91. The summed E-state index contributed by atoms with van der Waals surface area (Å²) < 4.78 is 0.976. The molecule has 5 nitrogen and oxygen atoms in total. The normalized spacial score (nSPS) is 15.4. The lowest BCUT2D eigenvalue weighted by molar-refractivity contribution is 0.726. The molecule has 3 rings (SSSR count). The summed E-state index contributed by atoms with van der Waals surface area (Å²) >= 11 is 3.53. The highest BCUT2D eigenvalue weighted by atomic mass is 79.9. The van der Waals surface area contributed by atoms with Gasteiger partial charge in [0.2, 0.25) is 0 Å². The monoisotopic (exact) mass is 361 g/mol. The highest BCUT2D eigenvalue weighted by Gasteiger charge is 2.17. The maximum Gasteiger partial charge on any atom is 0.159 e. The lowest BCUT2D eigenvalue weighted by Crippen LogP contribution is -2.26. The van der Waals surface area contributed by atoms with Crippen LogP contribution in [0.25, 0.3) is 0 Å². The SMILES string of the molecule is Nc1c(Nc2ccccc2Br)ncnc1N1CCCCCC1. The topological polar surface area (TPSA) is 67.1 Å². The van der Waals surface area contributed by atoms with Gasteiger partial charge >= 0.3 is 0 Å². The maximum absolute atomic E-state index is 6.32. The molecule has 1 aliphatic rings. The highest BCUT2D eigenvalue weighted by Crippen LogP contribution is 2.32. The number of nitrogens with two attached hydrogens (primary N) is 1. The van der Waals surface area contributed by atoms with E-state index in [0.717, 1.165) is 29.1 Å². The van der Waals surface area contributed by atoms with Crippen LogP contribution in [0.3, 0.4) is 0 Å². The van der Waals surface area contributed by atoms with Gasteiger partial charge in [-0.2, -0.15) is 0 Å². The molecule has 6 heteroatoms. The van der Waals surface area contributed by atoms with E-state index in [4.69, 9.17) is 5.73 Å². The van der Waals surface area contributed by atoms with E-state index in [2.05, 4.69) is 36.1 Å². The van der Waals surface area contributed by atoms with Crippen LogP contribution >= 0.6 is 15.9 Å². The third-order valence-electron chi connectivity index (χ3n) is 3.90. The third kappa shape index (κ3) is 3.32. The van der Waals surface area contributed by atoms with E-state index in [0.29, 0.717) is 11.5 Å². The zero-order valence-electron chi connectivity index (χ0n) is 12.4. The molecule has 0 atom stereocenters. The Morgan fingerprint density at radius 3 is 2.50 bits per heavy atom. The van der Waals surface area contributed by atoms with Gasteiger partial charge in [-0.05, 0) is 40.9 Å². The van der Waals surface area contributed by atoms with Crippen LogP contribution in [0.1, 0.15) is 25.7 Å². The van der Waals surface area contributed by atoms with Gasteiger partial charge in [0.05, 0.1) is 5.69 Å². The molecule has 0 amide bonds. The molecule has 0 radical (unpaired) electrons. The molecule has 1 aliphatic heterocycles. The molecular weight excluding hydrogens is 342 g/mol. The van der Waals surface area contributed by atoms with Crippen molar-refractivity contribution >= 4 is 38.9 Å². The van der Waals surface area contributed by atoms with Gasteiger partial charge in [0.25, 0.3) is 0 Å². The van der Waals surface area contributed by atoms with Crippen LogP contribution in [0.15, 0.2) is 35.1 Å². The standard InChI is InChI=1S/C16H20BrN5/c17-12-7-3-4-8-13(12)21-15-14(18)16(20-11-19-15)22-9-5-1-2-6-10-22/h3-4,7-8,11H,1-2,5-6,9-10,18H2,(H,19,20,21). The Hall–Kier alpha value is -1.82. The number of nitrogen functional groups attached to an aromatic ring is 1. The van der Waals surface area contributed by atoms with Crippen LogP contribution in [0, 0.1) is 0 Å². The van der Waals surface area contributed by atoms with Crippen molar-refractivity contribution in [2.45, 2.75) is 25.7 Å². The molecule has 2 aromatic rings. The van der Waals surface area contributed by atoms with Crippen molar-refractivity contribution in [3.8, 4) is 0 Å². The number of rotatable bonds is 3. The summed E-state index contributed by atoms with van der Waals surface area (Å²) in [5.74, 6) is 1.49. The second-order valence-corrected chi connectivity index (χ2v) is 6.32. The number of nitrogens with zero attached hydrogens (tertiary/aromatic N) is 3. The molecular formula is C16H20BrN5. The minimum absolute atomic E-state index is 0.611. The first kappa shape index (κ1) is 15.1. The largest absolute Gasteiger partial charge is 0.393 e. The van der Waals surface area contributed by atoms with Crippen LogP contribution in [-0.2, 0) is 0 Å². The molecule has 0 saturated carbocycles. The second-order valence-electron chi connectivity index (χ2n) is 5.47. The average Bonchev–Trinajstić information content (AvgIpc) is 2.80. The number of para-hydroxylation sites is 1. The fraction of sp³-hybridized carbons (Fsp3) is 0.375. The maximum atomic E-state index is 6.32. The molecule has 0 bridgehead atoms. The molecule has 3 N–H and O–H groups in total. The van der Waals surface area contributed by atoms with Crippen LogP contribution in [-0.4, -0.2) is 23.1 Å². The Bertz CT molecular complexity index is 638. The van der Waals surface area contributed by atoms with E-state index in [1.807, 2.05) is 24.3 Å². The zero-order valence-corrected chi connectivity index (χ0v) is 14.0. The summed E-state index contributed by atoms with van der Waals surface area (Å²) in [6.07, 6.45) is 6.52. The number of aromatic nitrogens is 2. The summed E-state index contributed by atoms with van der Waals surface area (Å²) in [5, 5.41) is 3.29. The van der Waals surface area contributed by atoms with Crippen LogP contribution in [0.4, 0.5) is 23.0 Å². The predicted octanol–water partition coefficient (Wildman–Crippen LogP) is 3.95. The third-order valence-corrected chi connectivity index (χ3v) is 4.59. The van der Waals surface area contributed by atoms with Crippen molar-refractivity contribution in [1.82, 2.24) is 9.97 Å². The van der Waals surface area contributed by atoms with Gasteiger partial charge in [-0.15, -0.1) is 0 Å². The second kappa shape index (κ2) is 6.96. The van der Waals surface area contributed by atoms with Gasteiger partial charge in [-0.1, -0.05) is 25.0 Å². The first-order valence-electron chi connectivity index (χ1n) is 7.62. The lowest BCUT2D eigenvalue weighted by atomic mass is 10.2. The number of halogens is 1. The summed E-state index contributed by atoms with van der Waals surface area (Å²) in [4.78, 5) is 11.0. The molecule has 1 fully saturated rings. The van der Waals surface area contributed by atoms with Crippen molar-refractivity contribution in [2.24, 2.45) is 0 Å². The van der Waals surface area contributed by atoms with Gasteiger partial charge in [-0.3, -0.25) is 0 Å². The fourth-order valence-corrected chi connectivity index (χ4v) is 3.09. The van der Waals surface area contributed by atoms with Gasteiger partial charge in [0.15, 0.2) is 11.6 Å². The van der Waals surface area contributed by atoms with Crippen LogP contribution in [0.5, 0.6) is 0 Å². The molecule has 0 aliphatic carbocycles. The number of benzene rings is 1. The number of hydrogen-bond acceptors (Lipinski definition) is 5. The molecule has 1 aromatic carbocycles. The molecule has 116 valence electrons. The Kier molecular flexibility index (Phi) is 4.77. The molecule has 1 saturated heterocycles. The van der Waals surface area contributed by atoms with E-state index in [1.54, 1.807) is 6.33 Å². The Balaban J connectivity index is 1.87. The summed E-state index contributed by atoms with van der Waals surface area (Å²) in [7, 11) is 0. The van der Waals surface area contributed by atoms with Crippen molar-refractivity contribution in [2.75, 3.05) is 29.0 Å². The van der Waals surface area contributed by atoms with Crippen molar-refractivity contribution in [1.29, 1.82) is 0 Å². The van der Waals surface area contributed by atoms with E-state index in [1.165, 1.54) is 25.7 Å². The molecule has 0 spiro atoms. The highest BCUT2D eigenvalue weighted by molar-refractivity contribution is 9.10. The van der Waals surface area contributed by atoms with E-state index < -0.39 is 0 Å². The Labute approximate surface area is 139 Å². The number of anilines is 4. The van der Waals surface area contributed by atoms with E-state index in [-0.39, 0.29) is 0 Å². The van der Waals surface area contributed by atoms with Crippen molar-refractivity contribution < 1.29 is 0 Å². The van der Waals surface area contributed by atoms with Gasteiger partial charge in [0.1, 0.15) is 12.0 Å². The fourth-order valence-electron chi connectivity index (χ4n) is 2.71.